The minimum Gasteiger partial charge on any atom is -0.504 e. The monoisotopic (exact) mass is 495 g/mol. The third-order valence-corrected chi connectivity index (χ3v) is 5.64. The maximum Gasteiger partial charge on any atom is 0.417 e. The highest BCUT2D eigenvalue weighted by atomic mass is 19.4. The molecule has 0 spiro atoms. The Hall–Kier alpha value is -3.82. The molecule has 0 bridgehead atoms. The summed E-state index contributed by atoms with van der Waals surface area (Å²) in [6.45, 7) is 1.28. The van der Waals surface area contributed by atoms with Gasteiger partial charge < -0.3 is 19.6 Å². The summed E-state index contributed by atoms with van der Waals surface area (Å²) < 4.78 is 93.7. The first-order valence-corrected chi connectivity index (χ1v) is 10.3. The van der Waals surface area contributed by atoms with E-state index in [2.05, 4.69) is 5.32 Å². The molecule has 3 aromatic carbocycles. The quantitative estimate of drug-likeness (QED) is 0.283. The van der Waals surface area contributed by atoms with Crippen LogP contribution in [0.4, 0.5) is 32.2 Å². The molecule has 0 fully saturated rings. The average molecular weight is 495 g/mol. The zero-order valence-corrected chi connectivity index (χ0v) is 18.7. The van der Waals surface area contributed by atoms with Gasteiger partial charge in [-0.15, -0.1) is 0 Å². The van der Waals surface area contributed by atoms with Crippen LogP contribution in [-0.2, 0) is 12.4 Å². The fourth-order valence-corrected chi connectivity index (χ4v) is 4.21. The van der Waals surface area contributed by atoms with Crippen molar-refractivity contribution in [2.75, 3.05) is 19.5 Å². The van der Waals surface area contributed by atoms with Gasteiger partial charge in [0.25, 0.3) is 0 Å². The Kier molecular flexibility index (Phi) is 5.86. The molecular weight excluding hydrogens is 476 g/mol. The Morgan fingerprint density at radius 2 is 1.60 bits per heavy atom. The van der Waals surface area contributed by atoms with Gasteiger partial charge in [-0.25, -0.2) is 0 Å². The van der Waals surface area contributed by atoms with Crippen LogP contribution < -0.4 is 10.1 Å². The molecule has 0 atom stereocenters. The maximum absolute atomic E-state index is 14.3. The van der Waals surface area contributed by atoms with Crippen LogP contribution in [0.1, 0.15) is 16.7 Å². The van der Waals surface area contributed by atoms with E-state index in [1.54, 1.807) is 12.1 Å². The summed E-state index contributed by atoms with van der Waals surface area (Å²) in [6.07, 6.45) is -9.51. The number of ether oxygens (including phenoxy) is 1. The summed E-state index contributed by atoms with van der Waals surface area (Å²) in [5, 5.41) is 14.2. The molecule has 2 N–H and O–H groups in total. The van der Waals surface area contributed by atoms with Crippen LogP contribution in [0.5, 0.6) is 11.5 Å². The molecule has 4 aromatic rings. The lowest BCUT2D eigenvalue weighted by Gasteiger charge is -2.19. The molecule has 184 valence electrons. The highest BCUT2D eigenvalue weighted by Crippen LogP contribution is 2.53. The van der Waals surface area contributed by atoms with Gasteiger partial charge in [-0.3, -0.25) is 0 Å². The van der Waals surface area contributed by atoms with Gasteiger partial charge in [0.2, 0.25) is 5.88 Å². The van der Waals surface area contributed by atoms with E-state index >= 15 is 0 Å². The lowest BCUT2D eigenvalue weighted by molar-refractivity contribution is -0.138. The van der Waals surface area contributed by atoms with E-state index in [9.17, 15) is 31.4 Å². The van der Waals surface area contributed by atoms with E-state index in [4.69, 9.17) is 9.15 Å². The molecule has 0 aliphatic carbocycles. The molecule has 4 nitrogen and oxygen atoms in total. The van der Waals surface area contributed by atoms with Crippen molar-refractivity contribution in [2.45, 2.75) is 19.3 Å². The number of benzene rings is 3. The number of alkyl halides is 6. The Morgan fingerprint density at radius 3 is 2.20 bits per heavy atom. The lowest BCUT2D eigenvalue weighted by Crippen LogP contribution is -2.10. The molecule has 0 aliphatic heterocycles. The highest BCUT2D eigenvalue weighted by molar-refractivity contribution is 6.05. The summed E-state index contributed by atoms with van der Waals surface area (Å²) in [5.41, 5.74) is -2.94. The van der Waals surface area contributed by atoms with Gasteiger partial charge in [0.1, 0.15) is 5.75 Å². The van der Waals surface area contributed by atoms with Crippen molar-refractivity contribution in [1.82, 2.24) is 0 Å². The summed E-state index contributed by atoms with van der Waals surface area (Å²) in [5.74, 6) is -1.39. The van der Waals surface area contributed by atoms with E-state index < -0.39 is 40.6 Å². The van der Waals surface area contributed by atoms with Crippen LogP contribution in [0.3, 0.4) is 0 Å². The van der Waals surface area contributed by atoms with E-state index in [0.717, 1.165) is 18.2 Å². The summed E-state index contributed by atoms with van der Waals surface area (Å²) >= 11 is 0. The topological polar surface area (TPSA) is 54.6 Å². The molecule has 10 heteroatoms. The molecule has 1 heterocycles. The average Bonchev–Trinajstić information content (AvgIpc) is 3.12. The number of furan rings is 1. The van der Waals surface area contributed by atoms with Gasteiger partial charge in [-0.1, -0.05) is 30.3 Å². The fraction of sp³-hybridized carbons (Fsp3) is 0.200. The van der Waals surface area contributed by atoms with Crippen LogP contribution in [0.15, 0.2) is 52.9 Å². The predicted molar refractivity (Wildman–Crippen MR) is 120 cm³/mol. The van der Waals surface area contributed by atoms with E-state index in [-0.39, 0.29) is 33.7 Å². The van der Waals surface area contributed by atoms with Crippen molar-refractivity contribution < 1.29 is 40.6 Å². The molecular formula is C25H19F6NO3. The summed E-state index contributed by atoms with van der Waals surface area (Å²) in [6, 6.07) is 10.1. The number of halogens is 6. The van der Waals surface area contributed by atoms with Crippen LogP contribution in [0.2, 0.25) is 0 Å². The molecule has 0 radical (unpaired) electrons. The van der Waals surface area contributed by atoms with Gasteiger partial charge in [-0.05, 0) is 41.6 Å². The first kappa shape index (κ1) is 24.3. The highest BCUT2D eigenvalue weighted by Gasteiger charge is 2.40. The third kappa shape index (κ3) is 4.13. The number of nitrogens with one attached hydrogen (secondary N) is 1. The molecule has 4 rings (SSSR count). The van der Waals surface area contributed by atoms with Crippen molar-refractivity contribution in [3.05, 3.63) is 65.2 Å². The number of rotatable bonds is 4. The number of anilines is 1. The van der Waals surface area contributed by atoms with Gasteiger partial charge in [0.15, 0.2) is 11.5 Å². The van der Waals surface area contributed by atoms with Crippen molar-refractivity contribution >= 4 is 16.7 Å². The van der Waals surface area contributed by atoms with Gasteiger partial charge >= 0.3 is 12.4 Å². The molecule has 0 aliphatic rings. The molecule has 0 saturated heterocycles. The maximum atomic E-state index is 14.3. The van der Waals surface area contributed by atoms with Crippen molar-refractivity contribution in [1.29, 1.82) is 0 Å². The smallest absolute Gasteiger partial charge is 0.417 e. The predicted octanol–water partition coefficient (Wildman–Crippen LogP) is 7.87. The Balaban J connectivity index is 2.12. The third-order valence-electron chi connectivity index (χ3n) is 5.64. The summed E-state index contributed by atoms with van der Waals surface area (Å²) in [7, 11) is 2.67. The minimum atomic E-state index is -4.84. The largest absolute Gasteiger partial charge is 0.504 e. The van der Waals surface area contributed by atoms with E-state index in [1.807, 2.05) is 0 Å². The normalized spacial score (nSPS) is 12.3. The van der Waals surface area contributed by atoms with Crippen LogP contribution in [-0.4, -0.2) is 19.3 Å². The SMILES string of the molecule is CNc1oc(-c2c(C(F)(F)F)c(C)cc3cccc(OC)c23)c(O)c1-c1cccc(C(F)(F)F)c1. The van der Waals surface area contributed by atoms with Gasteiger partial charge in [0, 0.05) is 18.0 Å². The van der Waals surface area contributed by atoms with Crippen molar-refractivity contribution in [3.63, 3.8) is 0 Å². The molecule has 1 aromatic heterocycles. The molecule has 0 amide bonds. The van der Waals surface area contributed by atoms with Gasteiger partial charge in [-0.2, -0.15) is 26.3 Å². The van der Waals surface area contributed by atoms with Crippen molar-refractivity contribution in [2.24, 2.45) is 0 Å². The zero-order valence-electron chi connectivity index (χ0n) is 18.7. The number of aryl methyl sites for hydroxylation is 1. The van der Waals surface area contributed by atoms with E-state index in [1.165, 1.54) is 39.3 Å². The lowest BCUT2D eigenvalue weighted by atomic mass is 9.91. The first-order valence-electron chi connectivity index (χ1n) is 10.3. The van der Waals surface area contributed by atoms with Crippen LogP contribution in [0, 0.1) is 6.92 Å². The second kappa shape index (κ2) is 8.44. The number of aromatic hydroxyl groups is 1. The fourth-order valence-electron chi connectivity index (χ4n) is 4.21. The molecule has 35 heavy (non-hydrogen) atoms. The standard InChI is InChI=1S/C25H19F6NO3/c1-12-10-13-7-5-9-16(34-3)17(13)19(20(12)25(29,30)31)22-21(33)18(23(32-2)35-22)14-6-4-8-15(11-14)24(26,27)28/h4-11,32-33H,1-3H3. The number of hydrogen-bond acceptors (Lipinski definition) is 4. The summed E-state index contributed by atoms with van der Waals surface area (Å²) in [4.78, 5) is 0. The zero-order chi connectivity index (χ0) is 25.7. The van der Waals surface area contributed by atoms with E-state index in [0.29, 0.717) is 5.39 Å². The second-order valence-corrected chi connectivity index (χ2v) is 7.81. The number of methoxy groups -OCH3 is 1. The number of hydrogen-bond donors (Lipinski definition) is 2. The first-order chi connectivity index (χ1) is 16.4. The molecule has 0 saturated carbocycles. The number of fused-ring (bicyclic) bond motifs is 1. The molecule has 0 unspecified atom stereocenters. The van der Waals surface area contributed by atoms with Gasteiger partial charge in [0.05, 0.1) is 23.8 Å². The minimum absolute atomic E-state index is 0.0372. The van der Waals surface area contributed by atoms with Crippen LogP contribution in [0.25, 0.3) is 33.2 Å². The Labute approximate surface area is 195 Å². The van der Waals surface area contributed by atoms with Crippen LogP contribution >= 0.6 is 0 Å². The Morgan fingerprint density at radius 1 is 0.914 bits per heavy atom. The Bertz CT molecular complexity index is 1420. The second-order valence-electron chi connectivity index (χ2n) is 7.81. The van der Waals surface area contributed by atoms with Crippen molar-refractivity contribution in [3.8, 4) is 33.9 Å².